The molecule has 1 atom stereocenters. The molecule has 0 heterocycles. The van der Waals surface area contributed by atoms with Crippen LogP contribution in [0.25, 0.3) is 0 Å². The van der Waals surface area contributed by atoms with Gasteiger partial charge in [0.05, 0.1) is 6.54 Å². The van der Waals surface area contributed by atoms with Crippen molar-refractivity contribution in [3.05, 3.63) is 0 Å². The molecule has 0 aromatic heterocycles. The van der Waals surface area contributed by atoms with Gasteiger partial charge >= 0.3 is 11.9 Å². The number of nitrogens with two attached hydrogens (primary N) is 2. The van der Waals surface area contributed by atoms with E-state index in [2.05, 4.69) is 5.32 Å². The van der Waals surface area contributed by atoms with Gasteiger partial charge in [-0.25, -0.2) is 0 Å². The van der Waals surface area contributed by atoms with Crippen molar-refractivity contribution >= 4 is 17.8 Å². The first kappa shape index (κ1) is 18.7. The zero-order valence-corrected chi connectivity index (χ0v) is 10.4. The van der Waals surface area contributed by atoms with E-state index in [9.17, 15) is 14.4 Å². The van der Waals surface area contributed by atoms with Gasteiger partial charge in [0.2, 0.25) is 5.91 Å². The van der Waals surface area contributed by atoms with Crippen LogP contribution in [0, 0.1) is 0 Å². The lowest BCUT2D eigenvalue weighted by atomic mass is 10.1. The number of carbonyl (C=O) groups excluding carboxylic acids is 1. The smallest absolute Gasteiger partial charge is 0.322 e. The molecular formula is C10H21N3O5. The van der Waals surface area contributed by atoms with Gasteiger partial charge < -0.3 is 27.0 Å². The van der Waals surface area contributed by atoms with Gasteiger partial charge in [0, 0.05) is 12.5 Å². The molecule has 0 bridgehead atoms. The quantitative estimate of drug-likeness (QED) is 0.383. The Labute approximate surface area is 105 Å². The Bertz CT molecular complexity index is 270. The maximum Gasteiger partial charge on any atom is 0.322 e. The first-order chi connectivity index (χ1) is 8.33. The van der Waals surface area contributed by atoms with E-state index in [0.717, 1.165) is 6.42 Å². The van der Waals surface area contributed by atoms with Crippen LogP contribution in [0.3, 0.4) is 0 Å². The summed E-state index contributed by atoms with van der Waals surface area (Å²) in [6.07, 6.45) is 1.63. The summed E-state index contributed by atoms with van der Waals surface area (Å²) < 4.78 is 0. The molecule has 0 rings (SSSR count). The second kappa shape index (κ2) is 11.8. The SMILES string of the molecule is CCC(N)CCC(=O)O.NCC(=O)NCC(=O)O. The summed E-state index contributed by atoms with van der Waals surface area (Å²) in [5, 5.41) is 18.3. The molecule has 0 aliphatic heterocycles. The first-order valence-corrected chi connectivity index (χ1v) is 5.49. The van der Waals surface area contributed by atoms with Gasteiger partial charge in [0.15, 0.2) is 0 Å². The summed E-state index contributed by atoms with van der Waals surface area (Å²) in [6, 6.07) is 0.0566. The number of nitrogens with one attached hydrogen (secondary N) is 1. The van der Waals surface area contributed by atoms with Gasteiger partial charge in [0.1, 0.15) is 6.54 Å². The molecule has 0 aromatic rings. The molecule has 8 heteroatoms. The summed E-state index contributed by atoms with van der Waals surface area (Å²) in [5.41, 5.74) is 10.3. The number of carboxylic acids is 2. The van der Waals surface area contributed by atoms with Crippen LogP contribution in [0.1, 0.15) is 26.2 Å². The van der Waals surface area contributed by atoms with Gasteiger partial charge in [-0.05, 0) is 12.8 Å². The molecule has 0 spiro atoms. The van der Waals surface area contributed by atoms with E-state index in [0.29, 0.717) is 6.42 Å². The highest BCUT2D eigenvalue weighted by Crippen LogP contribution is 1.96. The van der Waals surface area contributed by atoms with Gasteiger partial charge in [-0.15, -0.1) is 0 Å². The number of carbonyl (C=O) groups is 3. The zero-order valence-electron chi connectivity index (χ0n) is 10.4. The number of aliphatic carboxylic acids is 2. The summed E-state index contributed by atoms with van der Waals surface area (Å²) in [4.78, 5) is 29.9. The molecule has 0 fully saturated rings. The summed E-state index contributed by atoms with van der Waals surface area (Å²) in [5.74, 6) is -2.30. The van der Waals surface area contributed by atoms with Crippen molar-refractivity contribution in [1.82, 2.24) is 5.32 Å². The second-order valence-electron chi connectivity index (χ2n) is 3.48. The largest absolute Gasteiger partial charge is 0.481 e. The Kier molecular flexibility index (Phi) is 12.3. The maximum absolute atomic E-state index is 10.2. The Hall–Kier alpha value is -1.67. The third-order valence-electron chi connectivity index (χ3n) is 1.88. The fourth-order valence-corrected chi connectivity index (χ4v) is 0.759. The van der Waals surface area contributed by atoms with Crippen molar-refractivity contribution in [1.29, 1.82) is 0 Å². The number of hydrogen-bond acceptors (Lipinski definition) is 5. The number of rotatable bonds is 7. The highest BCUT2D eigenvalue weighted by atomic mass is 16.4. The van der Waals surface area contributed by atoms with Crippen LogP contribution in [-0.4, -0.2) is 47.2 Å². The van der Waals surface area contributed by atoms with Gasteiger partial charge in [-0.2, -0.15) is 0 Å². The van der Waals surface area contributed by atoms with E-state index in [1.54, 1.807) is 0 Å². The van der Waals surface area contributed by atoms with E-state index < -0.39 is 17.8 Å². The van der Waals surface area contributed by atoms with E-state index >= 15 is 0 Å². The van der Waals surface area contributed by atoms with Gasteiger partial charge in [0.25, 0.3) is 0 Å². The monoisotopic (exact) mass is 263 g/mol. The molecule has 8 nitrogen and oxygen atoms in total. The molecule has 0 aromatic carbocycles. The second-order valence-corrected chi connectivity index (χ2v) is 3.48. The molecule has 18 heavy (non-hydrogen) atoms. The number of hydrogen-bond donors (Lipinski definition) is 5. The predicted molar refractivity (Wildman–Crippen MR) is 64.8 cm³/mol. The van der Waals surface area contributed by atoms with Crippen LogP contribution in [0.15, 0.2) is 0 Å². The molecule has 0 aliphatic rings. The molecule has 106 valence electrons. The van der Waals surface area contributed by atoms with Crippen molar-refractivity contribution in [2.24, 2.45) is 11.5 Å². The van der Waals surface area contributed by atoms with Crippen LogP contribution in [0.2, 0.25) is 0 Å². The highest BCUT2D eigenvalue weighted by molar-refractivity contribution is 5.82. The molecule has 0 radical (unpaired) electrons. The molecule has 1 unspecified atom stereocenters. The lowest BCUT2D eigenvalue weighted by Crippen LogP contribution is -2.34. The number of amides is 1. The normalized spacial score (nSPS) is 10.8. The molecule has 1 amide bonds. The summed E-state index contributed by atoms with van der Waals surface area (Å²) in [7, 11) is 0. The lowest BCUT2D eigenvalue weighted by molar-refractivity contribution is -0.138. The van der Waals surface area contributed by atoms with Crippen LogP contribution < -0.4 is 16.8 Å². The molecule has 0 saturated heterocycles. The minimum absolute atomic E-state index is 0.0566. The molecule has 0 aliphatic carbocycles. The average molecular weight is 263 g/mol. The van der Waals surface area contributed by atoms with Crippen molar-refractivity contribution in [2.45, 2.75) is 32.2 Å². The van der Waals surface area contributed by atoms with Gasteiger partial charge in [-0.3, -0.25) is 14.4 Å². The number of carboxylic acid groups (broad SMARTS) is 2. The standard InChI is InChI=1S/C6H13NO2.C4H8N2O3/c1-2-5(7)3-4-6(8)9;5-1-3(7)6-2-4(8)9/h5H,2-4,7H2,1H3,(H,8,9);1-2,5H2,(H,6,7)(H,8,9). The first-order valence-electron chi connectivity index (χ1n) is 5.49. The van der Waals surface area contributed by atoms with Crippen LogP contribution in [0.5, 0.6) is 0 Å². The Morgan fingerprint density at radius 3 is 2.11 bits per heavy atom. The third-order valence-corrected chi connectivity index (χ3v) is 1.88. The average Bonchev–Trinajstić information content (AvgIpc) is 2.33. The van der Waals surface area contributed by atoms with Crippen molar-refractivity contribution in [3.8, 4) is 0 Å². The fraction of sp³-hybridized carbons (Fsp3) is 0.700. The third kappa shape index (κ3) is 16.7. The Morgan fingerprint density at radius 2 is 1.78 bits per heavy atom. The summed E-state index contributed by atoms with van der Waals surface area (Å²) >= 11 is 0. The Morgan fingerprint density at radius 1 is 1.22 bits per heavy atom. The lowest BCUT2D eigenvalue weighted by Gasteiger charge is -2.03. The molecule has 7 N–H and O–H groups in total. The summed E-state index contributed by atoms with van der Waals surface area (Å²) in [6.45, 7) is 1.41. The van der Waals surface area contributed by atoms with E-state index in [-0.39, 0.29) is 25.6 Å². The van der Waals surface area contributed by atoms with Crippen molar-refractivity contribution in [3.63, 3.8) is 0 Å². The highest BCUT2D eigenvalue weighted by Gasteiger charge is 2.01. The van der Waals surface area contributed by atoms with E-state index in [1.165, 1.54) is 0 Å². The maximum atomic E-state index is 10.2. The topological polar surface area (TPSA) is 156 Å². The molecule has 0 saturated carbocycles. The minimum Gasteiger partial charge on any atom is -0.481 e. The van der Waals surface area contributed by atoms with Crippen LogP contribution in [-0.2, 0) is 14.4 Å². The van der Waals surface area contributed by atoms with Crippen molar-refractivity contribution < 1.29 is 24.6 Å². The van der Waals surface area contributed by atoms with E-state index in [1.807, 2.05) is 6.92 Å². The van der Waals surface area contributed by atoms with Crippen molar-refractivity contribution in [2.75, 3.05) is 13.1 Å². The van der Waals surface area contributed by atoms with Crippen LogP contribution in [0.4, 0.5) is 0 Å². The fourth-order valence-electron chi connectivity index (χ4n) is 0.759. The van der Waals surface area contributed by atoms with Gasteiger partial charge in [-0.1, -0.05) is 6.92 Å². The minimum atomic E-state index is -1.07. The zero-order chi connectivity index (χ0) is 14.6. The molecular weight excluding hydrogens is 242 g/mol. The Balaban J connectivity index is 0. The van der Waals surface area contributed by atoms with E-state index in [4.69, 9.17) is 21.7 Å². The van der Waals surface area contributed by atoms with Crippen LogP contribution >= 0.6 is 0 Å². The predicted octanol–water partition coefficient (Wildman–Crippen LogP) is -1.27.